The molecule has 88 valence electrons. The zero-order valence-electron chi connectivity index (χ0n) is 10.1. The Kier molecular flexibility index (Phi) is 2.48. The molecular weight excluding hydrogens is 214 g/mol. The van der Waals surface area contributed by atoms with Crippen LogP contribution in [0.1, 0.15) is 11.3 Å². The van der Waals surface area contributed by atoms with Gasteiger partial charge in [-0.05, 0) is 37.6 Å². The molecule has 1 aliphatic rings. The highest BCUT2D eigenvalue weighted by Gasteiger charge is 2.23. The highest BCUT2D eigenvalue weighted by molar-refractivity contribution is 5.85. The lowest BCUT2D eigenvalue weighted by molar-refractivity contribution is 0.265. The Balaban J connectivity index is 2.02. The van der Waals surface area contributed by atoms with E-state index in [1.807, 2.05) is 19.1 Å². The van der Waals surface area contributed by atoms with Crippen molar-refractivity contribution in [3.05, 3.63) is 35.5 Å². The molecule has 0 N–H and O–H groups in total. The van der Waals surface area contributed by atoms with Crippen LogP contribution < -0.4 is 4.74 Å². The summed E-state index contributed by atoms with van der Waals surface area (Å²) in [6, 6.07) is 8.28. The van der Waals surface area contributed by atoms with Gasteiger partial charge in [0.2, 0.25) is 0 Å². The van der Waals surface area contributed by atoms with E-state index in [0.29, 0.717) is 6.61 Å². The van der Waals surface area contributed by atoms with Gasteiger partial charge in [0.15, 0.2) is 0 Å². The van der Waals surface area contributed by atoms with Crippen LogP contribution in [0.2, 0.25) is 0 Å². The molecule has 3 rings (SSSR count). The maximum absolute atomic E-state index is 5.79. The first-order chi connectivity index (χ1) is 8.22. The third-order valence-electron chi connectivity index (χ3n) is 2.87. The maximum Gasteiger partial charge on any atom is 0.145 e. The van der Waals surface area contributed by atoms with Gasteiger partial charge < -0.3 is 9.47 Å². The molecule has 1 aromatic heterocycles. The molecule has 0 bridgehead atoms. The normalized spacial score (nSPS) is 18.4. The van der Waals surface area contributed by atoms with Crippen molar-refractivity contribution in [2.45, 2.75) is 20.0 Å². The second-order valence-electron chi connectivity index (χ2n) is 4.55. The van der Waals surface area contributed by atoms with Gasteiger partial charge in [0.1, 0.15) is 24.0 Å². The fraction of sp³-hybridized carbons (Fsp3) is 0.357. The zero-order valence-corrected chi connectivity index (χ0v) is 10.1. The summed E-state index contributed by atoms with van der Waals surface area (Å²) in [7, 11) is 0. The predicted octanol–water partition coefficient (Wildman–Crippen LogP) is 2.63. The van der Waals surface area contributed by atoms with Gasteiger partial charge >= 0.3 is 0 Å². The van der Waals surface area contributed by atoms with E-state index >= 15 is 0 Å². The van der Waals surface area contributed by atoms with Crippen molar-refractivity contribution in [3.8, 4) is 5.75 Å². The summed E-state index contributed by atoms with van der Waals surface area (Å²) < 4.78 is 10.9. The van der Waals surface area contributed by atoms with E-state index < -0.39 is 0 Å². The minimum atomic E-state index is 0.273. The van der Waals surface area contributed by atoms with E-state index in [9.17, 15) is 0 Å². The van der Waals surface area contributed by atoms with Gasteiger partial charge in [0, 0.05) is 11.1 Å². The predicted molar refractivity (Wildman–Crippen MR) is 66.5 cm³/mol. The topological polar surface area (TPSA) is 34.6 Å². The number of epoxide rings is 1. The average molecular weight is 229 g/mol. The summed E-state index contributed by atoms with van der Waals surface area (Å²) in [6.45, 7) is 5.50. The number of hydrogen-bond acceptors (Lipinski definition) is 3. The van der Waals surface area contributed by atoms with Crippen molar-refractivity contribution in [2.75, 3.05) is 13.2 Å². The molecule has 1 fully saturated rings. The monoisotopic (exact) mass is 229 g/mol. The molecule has 3 heteroatoms. The summed E-state index contributed by atoms with van der Waals surface area (Å²) in [5, 5.41) is 1.13. The van der Waals surface area contributed by atoms with E-state index in [2.05, 4.69) is 24.0 Å². The molecule has 1 aromatic carbocycles. The van der Waals surface area contributed by atoms with Crippen LogP contribution in [0, 0.1) is 13.8 Å². The highest BCUT2D eigenvalue weighted by atomic mass is 16.6. The van der Waals surface area contributed by atoms with E-state index in [1.54, 1.807) is 0 Å². The average Bonchev–Trinajstić information content (AvgIpc) is 3.10. The van der Waals surface area contributed by atoms with Crippen molar-refractivity contribution in [2.24, 2.45) is 0 Å². The molecule has 0 amide bonds. The van der Waals surface area contributed by atoms with Crippen LogP contribution in [-0.2, 0) is 4.74 Å². The van der Waals surface area contributed by atoms with Crippen molar-refractivity contribution in [3.63, 3.8) is 0 Å². The Labute approximate surface area is 100 Å². The number of ether oxygens (including phenoxy) is 2. The van der Waals surface area contributed by atoms with Gasteiger partial charge in [-0.1, -0.05) is 6.07 Å². The Morgan fingerprint density at radius 1 is 1.35 bits per heavy atom. The lowest BCUT2D eigenvalue weighted by Crippen LogP contribution is -2.05. The molecule has 1 aliphatic heterocycles. The van der Waals surface area contributed by atoms with Crippen molar-refractivity contribution >= 4 is 10.9 Å². The first-order valence-corrected chi connectivity index (χ1v) is 5.85. The zero-order chi connectivity index (χ0) is 11.8. The first kappa shape index (κ1) is 10.5. The number of hydrogen-bond donors (Lipinski definition) is 0. The van der Waals surface area contributed by atoms with Crippen LogP contribution in [0.15, 0.2) is 24.3 Å². The quantitative estimate of drug-likeness (QED) is 0.759. The van der Waals surface area contributed by atoms with E-state index in [-0.39, 0.29) is 6.10 Å². The summed E-state index contributed by atoms with van der Waals surface area (Å²) in [4.78, 5) is 4.55. The Bertz CT molecular complexity index is 561. The van der Waals surface area contributed by atoms with Crippen LogP contribution in [0.5, 0.6) is 5.75 Å². The van der Waals surface area contributed by atoms with Gasteiger partial charge in [0.05, 0.1) is 6.61 Å². The van der Waals surface area contributed by atoms with Crippen LogP contribution in [-0.4, -0.2) is 24.3 Å². The molecule has 0 saturated carbocycles. The van der Waals surface area contributed by atoms with E-state index in [0.717, 1.165) is 29.0 Å². The standard InChI is InChI=1S/C14H15NO2/c1-9-5-11-4-3-10(2)15-14(11)13(6-9)17-8-12-7-16-12/h3-6,12H,7-8H2,1-2H3. The van der Waals surface area contributed by atoms with Gasteiger partial charge in [-0.15, -0.1) is 0 Å². The Morgan fingerprint density at radius 2 is 2.18 bits per heavy atom. The smallest absolute Gasteiger partial charge is 0.145 e. The number of nitrogens with zero attached hydrogens (tertiary/aromatic N) is 1. The number of aromatic nitrogens is 1. The van der Waals surface area contributed by atoms with Gasteiger partial charge in [-0.3, -0.25) is 0 Å². The number of pyridine rings is 1. The molecule has 17 heavy (non-hydrogen) atoms. The summed E-state index contributed by atoms with van der Waals surface area (Å²) in [5.41, 5.74) is 3.14. The van der Waals surface area contributed by atoms with Crippen LogP contribution in [0.25, 0.3) is 10.9 Å². The fourth-order valence-electron chi connectivity index (χ4n) is 1.90. The number of aryl methyl sites for hydroxylation is 2. The molecule has 3 nitrogen and oxygen atoms in total. The minimum absolute atomic E-state index is 0.273. The van der Waals surface area contributed by atoms with E-state index in [1.165, 1.54) is 5.56 Å². The summed E-state index contributed by atoms with van der Waals surface area (Å²) in [5.74, 6) is 0.860. The van der Waals surface area contributed by atoms with Gasteiger partial charge in [-0.2, -0.15) is 0 Å². The third kappa shape index (κ3) is 2.24. The van der Waals surface area contributed by atoms with Crippen molar-refractivity contribution in [1.29, 1.82) is 0 Å². The first-order valence-electron chi connectivity index (χ1n) is 5.85. The SMILES string of the molecule is Cc1cc(OCC2CO2)c2nc(C)ccc2c1. The molecule has 1 atom stereocenters. The van der Waals surface area contributed by atoms with Crippen LogP contribution >= 0.6 is 0 Å². The second kappa shape index (κ2) is 4.00. The molecular formula is C14H15NO2. The number of rotatable bonds is 3. The largest absolute Gasteiger partial charge is 0.488 e. The molecule has 1 saturated heterocycles. The second-order valence-corrected chi connectivity index (χ2v) is 4.55. The van der Waals surface area contributed by atoms with Crippen LogP contribution in [0.4, 0.5) is 0 Å². The minimum Gasteiger partial charge on any atom is -0.488 e. The summed E-state index contributed by atoms with van der Waals surface area (Å²) >= 11 is 0. The molecule has 2 aromatic rings. The third-order valence-corrected chi connectivity index (χ3v) is 2.87. The highest BCUT2D eigenvalue weighted by Crippen LogP contribution is 2.27. The molecule has 0 spiro atoms. The maximum atomic E-state index is 5.79. The van der Waals surface area contributed by atoms with Crippen molar-refractivity contribution < 1.29 is 9.47 Å². The summed E-state index contributed by atoms with van der Waals surface area (Å²) in [6.07, 6.45) is 0.273. The van der Waals surface area contributed by atoms with Gasteiger partial charge in [-0.25, -0.2) is 4.98 Å². The number of benzene rings is 1. The van der Waals surface area contributed by atoms with Gasteiger partial charge in [0.25, 0.3) is 0 Å². The number of fused-ring (bicyclic) bond motifs is 1. The lowest BCUT2D eigenvalue weighted by atomic mass is 10.1. The van der Waals surface area contributed by atoms with Crippen LogP contribution in [0.3, 0.4) is 0 Å². The van der Waals surface area contributed by atoms with E-state index in [4.69, 9.17) is 9.47 Å². The lowest BCUT2D eigenvalue weighted by Gasteiger charge is -2.09. The fourth-order valence-corrected chi connectivity index (χ4v) is 1.90. The molecule has 2 heterocycles. The molecule has 1 unspecified atom stereocenters. The molecule has 0 aliphatic carbocycles. The Hall–Kier alpha value is -1.61. The Morgan fingerprint density at radius 3 is 2.94 bits per heavy atom. The van der Waals surface area contributed by atoms with Crippen molar-refractivity contribution in [1.82, 2.24) is 4.98 Å². The molecule has 0 radical (unpaired) electrons.